The first-order valence-electron chi connectivity index (χ1n) is 8.74. The molecule has 0 spiro atoms. The third-order valence-corrected chi connectivity index (χ3v) is 6.63. The van der Waals surface area contributed by atoms with Crippen LogP contribution >= 0.6 is 0 Å². The fourth-order valence-corrected chi connectivity index (χ4v) is 5.25. The summed E-state index contributed by atoms with van der Waals surface area (Å²) >= 11 is 0. The third kappa shape index (κ3) is 2.25. The molecule has 116 valence electrons. The van der Waals surface area contributed by atoms with Crippen molar-refractivity contribution in [3.63, 3.8) is 0 Å². The Bertz CT molecular complexity index is 533. The van der Waals surface area contributed by atoms with Crippen LogP contribution in [0.5, 0.6) is 0 Å². The Morgan fingerprint density at radius 2 is 2.00 bits per heavy atom. The van der Waals surface area contributed by atoms with Crippen LogP contribution in [0, 0.1) is 11.3 Å². The van der Waals surface area contributed by atoms with Crippen LogP contribution in [0.25, 0.3) is 0 Å². The zero-order valence-corrected chi connectivity index (χ0v) is 14.2. The number of fused-ring (bicyclic) bond motifs is 3. The lowest BCUT2D eigenvalue weighted by Gasteiger charge is -2.55. The van der Waals surface area contributed by atoms with Crippen LogP contribution in [0.4, 0.5) is 0 Å². The van der Waals surface area contributed by atoms with E-state index in [0.717, 1.165) is 12.5 Å². The van der Waals surface area contributed by atoms with Crippen LogP contribution in [0.1, 0.15) is 76.0 Å². The van der Waals surface area contributed by atoms with E-state index in [0.29, 0.717) is 16.7 Å². The van der Waals surface area contributed by atoms with Gasteiger partial charge in [0.2, 0.25) is 0 Å². The monoisotopic (exact) mass is 285 g/mol. The van der Waals surface area contributed by atoms with Crippen LogP contribution in [0.3, 0.4) is 0 Å². The Kier molecular flexibility index (Phi) is 3.68. The van der Waals surface area contributed by atoms with Gasteiger partial charge in [-0.3, -0.25) is 0 Å². The van der Waals surface area contributed by atoms with Crippen LogP contribution in [-0.2, 0) is 11.8 Å². The molecule has 3 rings (SSSR count). The molecule has 0 amide bonds. The molecule has 2 aliphatic carbocycles. The number of nitrogens with two attached hydrogens (primary N) is 1. The lowest BCUT2D eigenvalue weighted by Crippen LogP contribution is -2.51. The highest BCUT2D eigenvalue weighted by molar-refractivity contribution is 5.42. The summed E-state index contributed by atoms with van der Waals surface area (Å²) in [7, 11) is 0. The van der Waals surface area contributed by atoms with E-state index in [-0.39, 0.29) is 0 Å². The molecule has 0 aliphatic heterocycles. The van der Waals surface area contributed by atoms with E-state index in [1.807, 2.05) is 0 Å². The van der Waals surface area contributed by atoms with Gasteiger partial charge in [0, 0.05) is 0 Å². The Morgan fingerprint density at radius 1 is 1.24 bits per heavy atom. The first-order valence-corrected chi connectivity index (χ1v) is 8.74. The summed E-state index contributed by atoms with van der Waals surface area (Å²) < 4.78 is 0. The molecule has 0 radical (unpaired) electrons. The molecule has 0 bridgehead atoms. The Hall–Kier alpha value is -0.820. The average molecular weight is 285 g/mol. The van der Waals surface area contributed by atoms with Gasteiger partial charge in [-0.25, -0.2) is 0 Å². The van der Waals surface area contributed by atoms with Gasteiger partial charge >= 0.3 is 0 Å². The van der Waals surface area contributed by atoms with E-state index in [1.165, 1.54) is 37.7 Å². The lowest BCUT2D eigenvalue weighted by molar-refractivity contribution is 0.0326. The van der Waals surface area contributed by atoms with Gasteiger partial charge in [-0.15, -0.1) is 0 Å². The van der Waals surface area contributed by atoms with Crippen molar-refractivity contribution in [2.75, 3.05) is 6.54 Å². The molecule has 1 heteroatoms. The molecule has 0 unspecified atom stereocenters. The molecule has 3 atom stereocenters. The minimum atomic E-state index is 0.335. The van der Waals surface area contributed by atoms with Crippen LogP contribution in [-0.4, -0.2) is 6.54 Å². The van der Waals surface area contributed by atoms with Crippen molar-refractivity contribution in [2.24, 2.45) is 17.1 Å². The number of aryl methyl sites for hydroxylation is 1. The number of benzene rings is 1. The molecule has 1 saturated carbocycles. The summed E-state index contributed by atoms with van der Waals surface area (Å²) in [6.07, 6.45) is 6.53. The quantitative estimate of drug-likeness (QED) is 0.831. The summed E-state index contributed by atoms with van der Waals surface area (Å²) in [5.74, 6) is 1.38. The zero-order chi connectivity index (χ0) is 15.3. The van der Waals surface area contributed by atoms with E-state index in [4.69, 9.17) is 5.73 Å². The van der Waals surface area contributed by atoms with Crippen molar-refractivity contribution in [3.8, 4) is 0 Å². The summed E-state index contributed by atoms with van der Waals surface area (Å²) in [5.41, 5.74) is 11.6. The Labute approximate surface area is 130 Å². The third-order valence-electron chi connectivity index (χ3n) is 6.63. The largest absolute Gasteiger partial charge is 0.330 e. The summed E-state index contributed by atoms with van der Waals surface area (Å²) in [6, 6.07) is 7.29. The van der Waals surface area contributed by atoms with Crippen LogP contribution in [0.15, 0.2) is 18.2 Å². The van der Waals surface area contributed by atoms with E-state index < -0.39 is 0 Å². The molecule has 2 N–H and O–H groups in total. The fraction of sp³-hybridized carbons (Fsp3) is 0.700. The predicted octanol–water partition coefficient (Wildman–Crippen LogP) is 4.78. The summed E-state index contributed by atoms with van der Waals surface area (Å²) in [6.45, 7) is 10.4. The number of hydrogen-bond donors (Lipinski definition) is 1. The van der Waals surface area contributed by atoms with Gasteiger partial charge in [-0.05, 0) is 71.6 Å². The SMILES string of the molecule is CC(C)c1ccc2c(c1)CC[C@@H]1[C@](C)(CN)CCC[C@]21C. The van der Waals surface area contributed by atoms with E-state index >= 15 is 0 Å². The van der Waals surface area contributed by atoms with Crippen molar-refractivity contribution in [1.29, 1.82) is 0 Å². The van der Waals surface area contributed by atoms with E-state index in [9.17, 15) is 0 Å². The minimum Gasteiger partial charge on any atom is -0.330 e. The minimum absolute atomic E-state index is 0.335. The standard InChI is InChI=1S/C20H31N/c1-14(2)15-6-8-17-16(12-15)7-9-18-19(3,13-21)10-5-11-20(17,18)4/h6,8,12,14,18H,5,7,9-11,13,21H2,1-4H3/t18-,19+,20-/m1/s1. The molecule has 1 aromatic carbocycles. The smallest absolute Gasteiger partial charge is 0.00202 e. The highest BCUT2D eigenvalue weighted by Gasteiger charge is 2.50. The van der Waals surface area contributed by atoms with Gasteiger partial charge in [0.15, 0.2) is 0 Å². The van der Waals surface area contributed by atoms with Crippen molar-refractivity contribution in [3.05, 3.63) is 34.9 Å². The molecule has 1 aromatic rings. The zero-order valence-electron chi connectivity index (χ0n) is 14.2. The molecule has 0 heterocycles. The molecular formula is C20H31N. The van der Waals surface area contributed by atoms with Gasteiger partial charge in [-0.2, -0.15) is 0 Å². The van der Waals surface area contributed by atoms with E-state index in [1.54, 1.807) is 11.1 Å². The van der Waals surface area contributed by atoms with Crippen molar-refractivity contribution < 1.29 is 0 Å². The summed E-state index contributed by atoms with van der Waals surface area (Å²) in [5, 5.41) is 0. The van der Waals surface area contributed by atoms with Crippen molar-refractivity contribution in [2.45, 2.75) is 71.1 Å². The van der Waals surface area contributed by atoms with Crippen LogP contribution in [0.2, 0.25) is 0 Å². The van der Waals surface area contributed by atoms with Gasteiger partial charge in [0.25, 0.3) is 0 Å². The van der Waals surface area contributed by atoms with Crippen molar-refractivity contribution >= 4 is 0 Å². The molecule has 2 aliphatic rings. The molecule has 0 saturated heterocycles. The van der Waals surface area contributed by atoms with Crippen molar-refractivity contribution in [1.82, 2.24) is 0 Å². The Morgan fingerprint density at radius 3 is 2.67 bits per heavy atom. The Balaban J connectivity index is 2.05. The highest BCUT2D eigenvalue weighted by Crippen LogP contribution is 2.56. The summed E-state index contributed by atoms with van der Waals surface area (Å²) in [4.78, 5) is 0. The average Bonchev–Trinajstić information content (AvgIpc) is 2.46. The molecule has 0 aromatic heterocycles. The second kappa shape index (κ2) is 5.12. The van der Waals surface area contributed by atoms with Gasteiger partial charge in [0.1, 0.15) is 0 Å². The second-order valence-electron chi connectivity index (χ2n) is 8.29. The second-order valence-corrected chi connectivity index (χ2v) is 8.29. The van der Waals surface area contributed by atoms with E-state index in [2.05, 4.69) is 45.9 Å². The molecule has 21 heavy (non-hydrogen) atoms. The maximum Gasteiger partial charge on any atom is -0.00202 e. The predicted molar refractivity (Wildman–Crippen MR) is 90.7 cm³/mol. The molecule has 1 fully saturated rings. The topological polar surface area (TPSA) is 26.0 Å². The van der Waals surface area contributed by atoms with Crippen LogP contribution < -0.4 is 5.73 Å². The first-order chi connectivity index (χ1) is 9.90. The maximum absolute atomic E-state index is 6.19. The molecule has 1 nitrogen and oxygen atoms in total. The lowest BCUT2D eigenvalue weighted by atomic mass is 9.50. The fourth-order valence-electron chi connectivity index (χ4n) is 5.25. The maximum atomic E-state index is 6.19. The van der Waals surface area contributed by atoms with Gasteiger partial charge in [-0.1, -0.05) is 52.3 Å². The first kappa shape index (κ1) is 15.1. The normalized spacial score (nSPS) is 35.4. The van der Waals surface area contributed by atoms with Gasteiger partial charge < -0.3 is 5.73 Å². The highest BCUT2D eigenvalue weighted by atomic mass is 14.7. The van der Waals surface area contributed by atoms with Gasteiger partial charge in [0.05, 0.1) is 0 Å². The number of rotatable bonds is 2. The molecular weight excluding hydrogens is 254 g/mol. The number of hydrogen-bond acceptors (Lipinski definition) is 1.